The number of nitrogens with two attached hydrogens (primary N) is 1. The van der Waals surface area contributed by atoms with Crippen LogP contribution in [0.1, 0.15) is 11.4 Å². The number of rotatable bonds is 3. The van der Waals surface area contributed by atoms with E-state index in [0.29, 0.717) is 0 Å². The van der Waals surface area contributed by atoms with Gasteiger partial charge in [-0.25, -0.2) is 4.98 Å². The van der Waals surface area contributed by atoms with Crippen LogP contribution in [0.4, 0.5) is 5.69 Å². The zero-order valence-corrected chi connectivity index (χ0v) is 12.5. The van der Waals surface area contributed by atoms with Gasteiger partial charge in [-0.2, -0.15) is 0 Å². The van der Waals surface area contributed by atoms with Crippen LogP contribution in [0.15, 0.2) is 48.5 Å². The van der Waals surface area contributed by atoms with Gasteiger partial charge >= 0.3 is 0 Å². The van der Waals surface area contributed by atoms with Crippen LogP contribution in [0.2, 0.25) is 0 Å². The summed E-state index contributed by atoms with van der Waals surface area (Å²) in [5.41, 5.74) is 10.1. The topological polar surface area (TPSA) is 54.7 Å². The fraction of sp³-hybridized carbons (Fsp3) is 0.133. The number of imidazole rings is 1. The summed E-state index contributed by atoms with van der Waals surface area (Å²) in [6.45, 7) is 0. The third-order valence-electron chi connectivity index (χ3n) is 3.12. The number of benzene rings is 2. The molecule has 0 fully saturated rings. The molecule has 0 amide bonds. The summed E-state index contributed by atoms with van der Waals surface area (Å²) in [6.07, 6.45) is 1.79. The minimum Gasteiger partial charge on any atom is -0.399 e. The van der Waals surface area contributed by atoms with Crippen LogP contribution in [0.25, 0.3) is 11.0 Å². The van der Waals surface area contributed by atoms with Crippen molar-refractivity contribution in [2.45, 2.75) is 12.8 Å². The van der Waals surface area contributed by atoms with Gasteiger partial charge in [-0.05, 0) is 30.2 Å². The van der Waals surface area contributed by atoms with E-state index in [1.54, 1.807) is 0 Å². The summed E-state index contributed by atoms with van der Waals surface area (Å²) in [4.78, 5) is 7.89. The zero-order chi connectivity index (χ0) is 12.4. The van der Waals surface area contributed by atoms with Crippen LogP contribution in [0.3, 0.4) is 0 Å². The number of H-pyrrole nitrogens is 1. The van der Waals surface area contributed by atoms with E-state index < -0.39 is 0 Å². The number of fused-ring (bicyclic) bond motifs is 1. The summed E-state index contributed by atoms with van der Waals surface area (Å²) >= 11 is 0. The molecule has 0 aliphatic heterocycles. The maximum absolute atomic E-state index is 5.93. The van der Waals surface area contributed by atoms with E-state index in [9.17, 15) is 0 Å². The van der Waals surface area contributed by atoms with Gasteiger partial charge < -0.3 is 10.7 Å². The number of hydrogen-bond donors (Lipinski definition) is 2. The van der Waals surface area contributed by atoms with Crippen molar-refractivity contribution >= 4 is 41.5 Å². The van der Waals surface area contributed by atoms with Gasteiger partial charge in [0.15, 0.2) is 0 Å². The summed E-state index contributed by atoms with van der Waals surface area (Å²) in [5.74, 6) is 1.01. The van der Waals surface area contributed by atoms with Crippen molar-refractivity contribution in [2.24, 2.45) is 0 Å². The number of anilines is 1. The lowest BCUT2D eigenvalue weighted by Crippen LogP contribution is -1.97. The van der Waals surface area contributed by atoms with Crippen molar-refractivity contribution in [1.29, 1.82) is 0 Å². The highest BCUT2D eigenvalue weighted by atomic mass is 35.5. The molecule has 1 heterocycles. The van der Waals surface area contributed by atoms with Gasteiger partial charge in [-0.1, -0.05) is 30.3 Å². The van der Waals surface area contributed by atoms with Gasteiger partial charge in [0.05, 0.1) is 11.0 Å². The molecular weight excluding hydrogens is 293 g/mol. The van der Waals surface area contributed by atoms with Crippen LogP contribution in [-0.4, -0.2) is 9.97 Å². The van der Waals surface area contributed by atoms with E-state index in [0.717, 1.165) is 35.4 Å². The molecule has 106 valence electrons. The first-order valence-corrected chi connectivity index (χ1v) is 6.10. The number of aromatic nitrogens is 2. The maximum Gasteiger partial charge on any atom is 0.107 e. The Hall–Kier alpha value is -1.71. The first-order chi connectivity index (χ1) is 8.83. The molecule has 3 N–H and O–H groups in total. The molecule has 0 spiro atoms. The van der Waals surface area contributed by atoms with E-state index in [1.165, 1.54) is 5.56 Å². The molecule has 0 saturated heterocycles. The second-order valence-corrected chi connectivity index (χ2v) is 4.40. The number of nitrogens with one attached hydrogen (secondary N) is 1. The van der Waals surface area contributed by atoms with Crippen LogP contribution in [0, 0.1) is 0 Å². The number of para-hydroxylation sites is 3. The molecule has 0 unspecified atom stereocenters. The van der Waals surface area contributed by atoms with Crippen molar-refractivity contribution in [3.8, 4) is 0 Å². The van der Waals surface area contributed by atoms with E-state index in [4.69, 9.17) is 5.73 Å². The molecule has 3 rings (SSSR count). The zero-order valence-electron chi connectivity index (χ0n) is 10.9. The largest absolute Gasteiger partial charge is 0.399 e. The van der Waals surface area contributed by atoms with Crippen LogP contribution < -0.4 is 5.73 Å². The van der Waals surface area contributed by atoms with Gasteiger partial charge in [0.1, 0.15) is 5.82 Å². The standard InChI is InChI=1S/C15H15N3.2ClH/c16-12-6-2-1-5-11(12)9-10-15-17-13-7-3-4-8-14(13)18-15;;/h1-8H,9-10,16H2,(H,17,18);2*1H. The number of aryl methyl sites for hydroxylation is 2. The third kappa shape index (κ3) is 3.44. The Morgan fingerprint density at radius 1 is 0.900 bits per heavy atom. The van der Waals surface area contributed by atoms with Gasteiger partial charge in [0, 0.05) is 12.1 Å². The van der Waals surface area contributed by atoms with Crippen molar-refractivity contribution < 1.29 is 0 Å². The van der Waals surface area contributed by atoms with E-state index >= 15 is 0 Å². The van der Waals surface area contributed by atoms with Crippen molar-refractivity contribution in [1.82, 2.24) is 9.97 Å². The average Bonchev–Trinajstić information content (AvgIpc) is 2.80. The number of halogens is 2. The molecular formula is C15H17Cl2N3. The number of nitrogen functional groups attached to an aromatic ring is 1. The Balaban J connectivity index is 0.000001000. The highest BCUT2D eigenvalue weighted by Crippen LogP contribution is 2.15. The quantitative estimate of drug-likeness (QED) is 0.723. The monoisotopic (exact) mass is 309 g/mol. The van der Waals surface area contributed by atoms with Crippen LogP contribution in [0.5, 0.6) is 0 Å². The molecule has 20 heavy (non-hydrogen) atoms. The SMILES string of the molecule is Cl.Cl.Nc1ccccc1CCc1nc2ccccc2[nH]1. The maximum atomic E-state index is 5.93. The number of aromatic amines is 1. The molecule has 2 aromatic carbocycles. The predicted molar refractivity (Wildman–Crippen MR) is 88.9 cm³/mol. The van der Waals surface area contributed by atoms with Crippen LogP contribution in [-0.2, 0) is 12.8 Å². The Labute approximate surface area is 130 Å². The first-order valence-electron chi connectivity index (χ1n) is 6.10. The molecule has 0 atom stereocenters. The van der Waals surface area contributed by atoms with E-state index in [1.807, 2.05) is 42.5 Å². The molecule has 5 heteroatoms. The number of hydrogen-bond acceptors (Lipinski definition) is 2. The Bertz CT molecular complexity index is 646. The first kappa shape index (κ1) is 16.3. The molecule has 0 aliphatic carbocycles. The highest BCUT2D eigenvalue weighted by Gasteiger charge is 2.03. The molecule has 0 aliphatic rings. The highest BCUT2D eigenvalue weighted by molar-refractivity contribution is 5.85. The molecule has 3 nitrogen and oxygen atoms in total. The Morgan fingerprint density at radius 2 is 1.60 bits per heavy atom. The fourth-order valence-corrected chi connectivity index (χ4v) is 2.14. The molecule has 3 aromatic rings. The van der Waals surface area contributed by atoms with Crippen LogP contribution >= 0.6 is 24.8 Å². The number of nitrogens with zero attached hydrogens (tertiary/aromatic N) is 1. The lowest BCUT2D eigenvalue weighted by Gasteiger charge is -2.03. The summed E-state index contributed by atoms with van der Waals surface area (Å²) in [7, 11) is 0. The lowest BCUT2D eigenvalue weighted by molar-refractivity contribution is 0.892. The smallest absolute Gasteiger partial charge is 0.107 e. The van der Waals surface area contributed by atoms with Gasteiger partial charge in [0.2, 0.25) is 0 Å². The van der Waals surface area contributed by atoms with E-state index in [2.05, 4.69) is 16.0 Å². The second kappa shape index (κ2) is 7.17. The molecule has 0 bridgehead atoms. The van der Waals surface area contributed by atoms with E-state index in [-0.39, 0.29) is 24.8 Å². The normalized spacial score (nSPS) is 9.80. The molecule has 0 radical (unpaired) electrons. The summed E-state index contributed by atoms with van der Waals surface area (Å²) < 4.78 is 0. The average molecular weight is 310 g/mol. The van der Waals surface area contributed by atoms with Crippen molar-refractivity contribution in [3.05, 3.63) is 59.9 Å². The third-order valence-corrected chi connectivity index (χ3v) is 3.12. The minimum absolute atomic E-state index is 0. The fourth-order valence-electron chi connectivity index (χ4n) is 2.14. The van der Waals surface area contributed by atoms with Gasteiger partial charge in [0.25, 0.3) is 0 Å². The second-order valence-electron chi connectivity index (χ2n) is 4.40. The van der Waals surface area contributed by atoms with Crippen molar-refractivity contribution in [3.63, 3.8) is 0 Å². The molecule has 0 saturated carbocycles. The van der Waals surface area contributed by atoms with Crippen molar-refractivity contribution in [2.75, 3.05) is 5.73 Å². The Morgan fingerprint density at radius 3 is 2.35 bits per heavy atom. The summed E-state index contributed by atoms with van der Waals surface area (Å²) in [6, 6.07) is 16.1. The predicted octanol–water partition coefficient (Wildman–Crippen LogP) is 3.77. The van der Waals surface area contributed by atoms with Gasteiger partial charge in [-0.3, -0.25) is 0 Å². The van der Waals surface area contributed by atoms with Gasteiger partial charge in [-0.15, -0.1) is 24.8 Å². The molecule has 1 aromatic heterocycles. The minimum atomic E-state index is 0. The summed E-state index contributed by atoms with van der Waals surface area (Å²) in [5, 5.41) is 0. The lowest BCUT2D eigenvalue weighted by atomic mass is 10.1. The Kier molecular flexibility index (Phi) is 5.86.